The first-order valence-corrected chi connectivity index (χ1v) is 6.68. The van der Waals surface area contributed by atoms with E-state index in [-0.39, 0.29) is 6.61 Å². The molecule has 114 valence electrons. The molecular formula is C16H13F3N2O. The van der Waals surface area contributed by atoms with Crippen LogP contribution in [0.3, 0.4) is 0 Å². The molecule has 0 amide bonds. The quantitative estimate of drug-likeness (QED) is 0.803. The van der Waals surface area contributed by atoms with Crippen LogP contribution in [-0.4, -0.2) is 14.7 Å². The van der Waals surface area contributed by atoms with Crippen LogP contribution in [0.25, 0.3) is 10.9 Å². The van der Waals surface area contributed by atoms with Crippen LogP contribution < -0.4 is 0 Å². The first-order valence-electron chi connectivity index (χ1n) is 6.68. The lowest BCUT2D eigenvalue weighted by Crippen LogP contribution is -2.05. The van der Waals surface area contributed by atoms with Gasteiger partial charge >= 0.3 is 6.18 Å². The lowest BCUT2D eigenvalue weighted by molar-refractivity contribution is -0.137. The van der Waals surface area contributed by atoms with Crippen molar-refractivity contribution < 1.29 is 18.3 Å². The fraction of sp³-hybridized carbons (Fsp3) is 0.188. The van der Waals surface area contributed by atoms with Gasteiger partial charge in [-0.3, -0.25) is 4.98 Å². The molecule has 3 nitrogen and oxygen atoms in total. The van der Waals surface area contributed by atoms with Crippen LogP contribution in [0.1, 0.15) is 16.7 Å². The van der Waals surface area contributed by atoms with Crippen molar-refractivity contribution in [2.45, 2.75) is 19.3 Å². The molecule has 0 aliphatic carbocycles. The third-order valence-corrected chi connectivity index (χ3v) is 3.55. The number of hydrogen-bond acceptors (Lipinski definition) is 2. The Morgan fingerprint density at radius 2 is 1.77 bits per heavy atom. The Labute approximate surface area is 124 Å². The van der Waals surface area contributed by atoms with Crippen molar-refractivity contribution in [2.75, 3.05) is 0 Å². The standard InChI is InChI=1S/C16H13F3N2O/c17-16(18,19)14-3-1-11(2-4-14)9-21-6-5-12-7-20-8-13(10-22)15(12)21/h1-8,22H,9-10H2. The van der Waals surface area contributed by atoms with Crippen molar-refractivity contribution in [1.29, 1.82) is 0 Å². The molecule has 0 atom stereocenters. The molecule has 0 spiro atoms. The molecule has 1 aromatic carbocycles. The number of alkyl halides is 3. The average Bonchev–Trinajstić information content (AvgIpc) is 2.90. The molecule has 0 aliphatic rings. The van der Waals surface area contributed by atoms with Crippen LogP contribution >= 0.6 is 0 Å². The molecule has 6 heteroatoms. The number of hydrogen-bond donors (Lipinski definition) is 1. The van der Waals surface area contributed by atoms with Crippen molar-refractivity contribution >= 4 is 10.9 Å². The Bertz CT molecular complexity index is 791. The van der Waals surface area contributed by atoms with Crippen molar-refractivity contribution in [2.24, 2.45) is 0 Å². The largest absolute Gasteiger partial charge is 0.416 e. The predicted molar refractivity (Wildman–Crippen MR) is 76.2 cm³/mol. The van der Waals surface area contributed by atoms with Crippen LogP contribution in [-0.2, 0) is 19.3 Å². The third-order valence-electron chi connectivity index (χ3n) is 3.55. The zero-order chi connectivity index (χ0) is 15.7. The highest BCUT2D eigenvalue weighted by Crippen LogP contribution is 2.29. The lowest BCUT2D eigenvalue weighted by Gasteiger charge is -2.10. The van der Waals surface area contributed by atoms with Gasteiger partial charge in [0.05, 0.1) is 17.7 Å². The van der Waals surface area contributed by atoms with Crippen molar-refractivity contribution in [3.8, 4) is 0 Å². The van der Waals surface area contributed by atoms with Gasteiger partial charge in [-0.25, -0.2) is 0 Å². The second-order valence-corrected chi connectivity index (χ2v) is 5.03. The minimum absolute atomic E-state index is 0.138. The molecule has 0 aliphatic heterocycles. The maximum Gasteiger partial charge on any atom is 0.416 e. The van der Waals surface area contributed by atoms with Gasteiger partial charge < -0.3 is 9.67 Å². The fourth-order valence-corrected chi connectivity index (χ4v) is 2.48. The number of pyridine rings is 1. The summed E-state index contributed by atoms with van der Waals surface area (Å²) in [6.45, 7) is 0.292. The Balaban J connectivity index is 1.93. The van der Waals surface area contributed by atoms with Crippen LogP contribution in [0.5, 0.6) is 0 Å². The topological polar surface area (TPSA) is 38.1 Å². The molecule has 0 bridgehead atoms. The minimum Gasteiger partial charge on any atom is -0.392 e. The molecule has 1 N–H and O–H groups in total. The summed E-state index contributed by atoms with van der Waals surface area (Å²) in [5.74, 6) is 0. The number of aliphatic hydroxyl groups excluding tert-OH is 1. The molecule has 3 rings (SSSR count). The van der Waals surface area contributed by atoms with E-state index >= 15 is 0 Å². The summed E-state index contributed by atoms with van der Waals surface area (Å²) in [6.07, 6.45) is 0.793. The van der Waals surface area contributed by atoms with Gasteiger partial charge in [0.15, 0.2) is 0 Å². The van der Waals surface area contributed by atoms with E-state index in [9.17, 15) is 18.3 Å². The van der Waals surface area contributed by atoms with Crippen molar-refractivity contribution in [1.82, 2.24) is 9.55 Å². The zero-order valence-corrected chi connectivity index (χ0v) is 11.5. The first kappa shape index (κ1) is 14.6. The zero-order valence-electron chi connectivity index (χ0n) is 11.5. The highest BCUT2D eigenvalue weighted by atomic mass is 19.4. The lowest BCUT2D eigenvalue weighted by atomic mass is 10.1. The molecule has 0 unspecified atom stereocenters. The summed E-state index contributed by atoms with van der Waals surface area (Å²) in [7, 11) is 0. The molecule has 3 aromatic rings. The number of rotatable bonds is 3. The number of halogens is 3. The summed E-state index contributed by atoms with van der Waals surface area (Å²) in [5.41, 5.74) is 1.63. The van der Waals surface area contributed by atoms with E-state index in [2.05, 4.69) is 4.98 Å². The van der Waals surface area contributed by atoms with Crippen LogP contribution in [0.2, 0.25) is 0 Å². The number of nitrogens with zero attached hydrogens (tertiary/aromatic N) is 2. The van der Waals surface area contributed by atoms with Crippen molar-refractivity contribution in [3.05, 3.63) is 65.6 Å². The summed E-state index contributed by atoms with van der Waals surface area (Å²) < 4.78 is 39.6. The maximum absolute atomic E-state index is 12.6. The van der Waals surface area contributed by atoms with Gasteiger partial charge in [0.25, 0.3) is 0 Å². The van der Waals surface area contributed by atoms with Gasteiger partial charge in [-0.2, -0.15) is 13.2 Å². The van der Waals surface area contributed by atoms with E-state index in [1.807, 2.05) is 16.8 Å². The van der Waals surface area contributed by atoms with Crippen LogP contribution in [0, 0.1) is 0 Å². The van der Waals surface area contributed by atoms with E-state index in [4.69, 9.17) is 0 Å². The molecule has 22 heavy (non-hydrogen) atoms. The molecule has 2 aromatic heterocycles. The Hall–Kier alpha value is -2.34. The van der Waals surface area contributed by atoms with Gasteiger partial charge in [0, 0.05) is 36.1 Å². The number of fused-ring (bicyclic) bond motifs is 1. The predicted octanol–water partition coefficient (Wildman–Crippen LogP) is 3.60. The summed E-state index contributed by atoms with van der Waals surface area (Å²) in [4.78, 5) is 4.04. The van der Waals surface area contributed by atoms with E-state index in [1.165, 1.54) is 12.1 Å². The van der Waals surface area contributed by atoms with Crippen molar-refractivity contribution in [3.63, 3.8) is 0 Å². The van der Waals surface area contributed by atoms with Crippen LogP contribution in [0.4, 0.5) is 13.2 Å². The molecule has 0 fully saturated rings. The van der Waals surface area contributed by atoms with Gasteiger partial charge in [0.1, 0.15) is 0 Å². The number of aliphatic hydroxyl groups is 1. The Kier molecular flexibility index (Phi) is 3.62. The summed E-state index contributed by atoms with van der Waals surface area (Å²) >= 11 is 0. The first-order chi connectivity index (χ1) is 10.5. The second-order valence-electron chi connectivity index (χ2n) is 5.03. The van der Waals surface area contributed by atoms with E-state index in [0.717, 1.165) is 28.6 Å². The summed E-state index contributed by atoms with van der Waals surface area (Å²) in [5, 5.41) is 10.3. The minimum atomic E-state index is -4.32. The van der Waals surface area contributed by atoms with Crippen LogP contribution in [0.15, 0.2) is 48.9 Å². The molecule has 0 radical (unpaired) electrons. The molecule has 2 heterocycles. The highest BCUT2D eigenvalue weighted by Gasteiger charge is 2.29. The number of aromatic nitrogens is 2. The summed E-state index contributed by atoms with van der Waals surface area (Å²) in [6, 6.07) is 6.96. The Morgan fingerprint density at radius 3 is 2.41 bits per heavy atom. The van der Waals surface area contributed by atoms with E-state index in [0.29, 0.717) is 12.1 Å². The molecular weight excluding hydrogens is 293 g/mol. The molecule has 0 saturated heterocycles. The van der Waals surface area contributed by atoms with E-state index in [1.54, 1.807) is 12.4 Å². The average molecular weight is 306 g/mol. The number of benzene rings is 1. The van der Waals surface area contributed by atoms with Gasteiger partial charge in [-0.1, -0.05) is 12.1 Å². The van der Waals surface area contributed by atoms with Gasteiger partial charge in [-0.15, -0.1) is 0 Å². The fourth-order valence-electron chi connectivity index (χ4n) is 2.48. The SMILES string of the molecule is OCc1cncc2ccn(Cc3ccc(C(F)(F)F)cc3)c12. The smallest absolute Gasteiger partial charge is 0.392 e. The highest BCUT2D eigenvalue weighted by molar-refractivity contribution is 5.82. The monoisotopic (exact) mass is 306 g/mol. The van der Waals surface area contributed by atoms with Gasteiger partial charge in [-0.05, 0) is 23.8 Å². The molecule has 0 saturated carbocycles. The maximum atomic E-state index is 12.6. The second kappa shape index (κ2) is 5.46. The van der Waals surface area contributed by atoms with Gasteiger partial charge in [0.2, 0.25) is 0 Å². The third kappa shape index (κ3) is 2.69. The van der Waals surface area contributed by atoms with E-state index < -0.39 is 11.7 Å². The Morgan fingerprint density at radius 1 is 1.05 bits per heavy atom. The normalized spacial score (nSPS) is 12.0.